The Balaban J connectivity index is 2.46. The first-order valence-electron chi connectivity index (χ1n) is 4.99. The van der Waals surface area contributed by atoms with Crippen LogP contribution >= 0.6 is 0 Å². The molecule has 0 fully saturated rings. The van der Waals surface area contributed by atoms with Crippen LogP contribution in [0.3, 0.4) is 0 Å². The predicted octanol–water partition coefficient (Wildman–Crippen LogP) is 0.802. The molecule has 1 aliphatic rings. The normalized spacial score (nSPS) is 17.3. The van der Waals surface area contributed by atoms with E-state index in [0.29, 0.717) is 19.1 Å². The number of hydrogen-bond donors (Lipinski definition) is 1. The number of benzodiazepines with no additional fused rings is 1. The number of fused-ring (bicyclic) bond motifs is 1. The second kappa shape index (κ2) is 4.76. The zero-order valence-electron chi connectivity index (χ0n) is 9.13. The summed E-state index contributed by atoms with van der Waals surface area (Å²) in [7, 11) is 1.64. The molecule has 1 aromatic rings. The van der Waals surface area contributed by atoms with Crippen LogP contribution < -0.4 is 10.7 Å². The SMILES string of the molecule is COCN1C(=NN)CN=Cc2ccccc21. The Morgan fingerprint density at radius 3 is 3.06 bits per heavy atom. The summed E-state index contributed by atoms with van der Waals surface area (Å²) in [5, 5.41) is 3.76. The Hall–Kier alpha value is -1.88. The van der Waals surface area contributed by atoms with E-state index in [1.807, 2.05) is 35.4 Å². The van der Waals surface area contributed by atoms with Crippen LogP contribution in [0.4, 0.5) is 5.69 Å². The Kier molecular flexibility index (Phi) is 3.16. The van der Waals surface area contributed by atoms with E-state index in [4.69, 9.17) is 10.6 Å². The average molecular weight is 218 g/mol. The Labute approximate surface area is 94.2 Å². The van der Waals surface area contributed by atoms with Gasteiger partial charge in [-0.15, -0.1) is 0 Å². The minimum Gasteiger partial charge on any atom is -0.364 e. The van der Waals surface area contributed by atoms with Crippen LogP contribution in [0.5, 0.6) is 0 Å². The lowest BCUT2D eigenvalue weighted by Crippen LogP contribution is -2.35. The van der Waals surface area contributed by atoms with Crippen LogP contribution in [-0.4, -0.2) is 32.4 Å². The van der Waals surface area contributed by atoms with Gasteiger partial charge < -0.3 is 15.5 Å². The molecule has 2 N–H and O–H groups in total. The minimum atomic E-state index is 0.413. The second-order valence-corrected chi connectivity index (χ2v) is 3.42. The highest BCUT2D eigenvalue weighted by Crippen LogP contribution is 2.21. The van der Waals surface area contributed by atoms with Gasteiger partial charge in [0, 0.05) is 18.9 Å². The number of amidine groups is 1. The number of methoxy groups -OCH3 is 1. The largest absolute Gasteiger partial charge is 0.364 e. The van der Waals surface area contributed by atoms with Gasteiger partial charge in [-0.3, -0.25) is 4.99 Å². The monoisotopic (exact) mass is 218 g/mol. The highest BCUT2D eigenvalue weighted by atomic mass is 16.5. The van der Waals surface area contributed by atoms with Crippen molar-refractivity contribution in [3.8, 4) is 0 Å². The van der Waals surface area contributed by atoms with Crippen molar-refractivity contribution in [2.24, 2.45) is 15.9 Å². The van der Waals surface area contributed by atoms with Crippen molar-refractivity contribution in [1.29, 1.82) is 0 Å². The van der Waals surface area contributed by atoms with E-state index in [0.717, 1.165) is 11.3 Å². The van der Waals surface area contributed by atoms with Crippen LogP contribution in [-0.2, 0) is 4.74 Å². The first-order valence-corrected chi connectivity index (χ1v) is 4.99. The summed E-state index contributed by atoms with van der Waals surface area (Å²) in [5.41, 5.74) is 2.05. The molecule has 5 nitrogen and oxygen atoms in total. The molecule has 0 aromatic heterocycles. The zero-order chi connectivity index (χ0) is 11.4. The lowest BCUT2D eigenvalue weighted by Gasteiger charge is -2.23. The molecule has 0 amide bonds. The number of aliphatic imine (C=N–C) groups is 1. The molecule has 0 saturated heterocycles. The van der Waals surface area contributed by atoms with E-state index in [2.05, 4.69) is 10.1 Å². The summed E-state index contributed by atoms with van der Waals surface area (Å²) < 4.78 is 5.16. The van der Waals surface area contributed by atoms with Gasteiger partial charge in [0.1, 0.15) is 6.73 Å². The van der Waals surface area contributed by atoms with Gasteiger partial charge in [0.05, 0.1) is 12.2 Å². The maximum absolute atomic E-state index is 5.37. The minimum absolute atomic E-state index is 0.413. The van der Waals surface area contributed by atoms with E-state index in [1.54, 1.807) is 7.11 Å². The summed E-state index contributed by atoms with van der Waals surface area (Å²) in [6, 6.07) is 7.94. The summed E-state index contributed by atoms with van der Waals surface area (Å²) in [6.45, 7) is 0.880. The van der Waals surface area contributed by atoms with Crippen molar-refractivity contribution in [1.82, 2.24) is 0 Å². The third-order valence-electron chi connectivity index (χ3n) is 2.41. The van der Waals surface area contributed by atoms with E-state index in [1.165, 1.54) is 0 Å². The number of nitrogens with two attached hydrogens (primary N) is 1. The number of rotatable bonds is 2. The number of nitrogens with zero attached hydrogens (tertiary/aromatic N) is 3. The van der Waals surface area contributed by atoms with Crippen LogP contribution in [0.2, 0.25) is 0 Å². The van der Waals surface area contributed by atoms with Crippen molar-refractivity contribution in [2.45, 2.75) is 0 Å². The second-order valence-electron chi connectivity index (χ2n) is 3.42. The van der Waals surface area contributed by atoms with Crippen molar-refractivity contribution < 1.29 is 4.74 Å². The molecule has 0 aliphatic carbocycles. The molecule has 1 aliphatic heterocycles. The molecular weight excluding hydrogens is 204 g/mol. The van der Waals surface area contributed by atoms with Crippen LogP contribution in [0, 0.1) is 0 Å². The van der Waals surface area contributed by atoms with Crippen LogP contribution in [0.15, 0.2) is 34.4 Å². The molecule has 0 bridgehead atoms. The number of para-hydroxylation sites is 1. The quantitative estimate of drug-likeness (QED) is 0.590. The molecule has 2 rings (SSSR count). The number of hydrazone groups is 1. The maximum atomic E-state index is 5.37. The third-order valence-corrected chi connectivity index (χ3v) is 2.41. The van der Waals surface area contributed by atoms with Crippen LogP contribution in [0.25, 0.3) is 0 Å². The van der Waals surface area contributed by atoms with E-state index >= 15 is 0 Å². The van der Waals surface area contributed by atoms with Gasteiger partial charge in [0.2, 0.25) is 0 Å². The number of anilines is 1. The number of ether oxygens (including phenoxy) is 1. The molecule has 0 atom stereocenters. The molecule has 84 valence electrons. The van der Waals surface area contributed by atoms with E-state index < -0.39 is 0 Å². The van der Waals surface area contributed by atoms with E-state index in [-0.39, 0.29) is 0 Å². The van der Waals surface area contributed by atoms with Crippen LogP contribution in [0.1, 0.15) is 5.56 Å². The van der Waals surface area contributed by atoms with Crippen molar-refractivity contribution in [3.05, 3.63) is 29.8 Å². The highest BCUT2D eigenvalue weighted by molar-refractivity contribution is 6.05. The topological polar surface area (TPSA) is 63.2 Å². The van der Waals surface area contributed by atoms with Crippen molar-refractivity contribution >= 4 is 17.7 Å². The summed E-state index contributed by atoms with van der Waals surface area (Å²) in [4.78, 5) is 6.18. The molecule has 0 radical (unpaired) electrons. The summed E-state index contributed by atoms with van der Waals surface area (Å²) >= 11 is 0. The standard InChI is InChI=1S/C11H14N4O/c1-16-8-15-10-5-3-2-4-9(10)6-13-7-11(15)14-12/h2-6H,7-8,12H2,1H3. The highest BCUT2D eigenvalue weighted by Gasteiger charge is 2.17. The smallest absolute Gasteiger partial charge is 0.152 e. The van der Waals surface area contributed by atoms with Crippen molar-refractivity contribution in [2.75, 3.05) is 25.3 Å². The fourth-order valence-electron chi connectivity index (χ4n) is 1.68. The Morgan fingerprint density at radius 1 is 1.50 bits per heavy atom. The third kappa shape index (κ3) is 1.90. The van der Waals surface area contributed by atoms with Gasteiger partial charge in [-0.1, -0.05) is 18.2 Å². The van der Waals surface area contributed by atoms with Gasteiger partial charge in [-0.25, -0.2) is 0 Å². The molecule has 0 saturated carbocycles. The van der Waals surface area contributed by atoms with Gasteiger partial charge in [-0.05, 0) is 6.07 Å². The fraction of sp³-hybridized carbons (Fsp3) is 0.273. The Bertz CT molecular complexity index is 428. The van der Waals surface area contributed by atoms with Gasteiger partial charge >= 0.3 is 0 Å². The van der Waals surface area contributed by atoms with Gasteiger partial charge in [0.25, 0.3) is 0 Å². The average Bonchev–Trinajstić information content (AvgIpc) is 2.50. The number of hydrogen-bond acceptors (Lipinski definition) is 4. The van der Waals surface area contributed by atoms with Gasteiger partial charge in [-0.2, -0.15) is 5.10 Å². The van der Waals surface area contributed by atoms with E-state index in [9.17, 15) is 0 Å². The Morgan fingerprint density at radius 2 is 2.31 bits per heavy atom. The lowest BCUT2D eigenvalue weighted by atomic mass is 10.2. The molecule has 0 spiro atoms. The fourth-order valence-corrected chi connectivity index (χ4v) is 1.68. The summed E-state index contributed by atoms with van der Waals surface area (Å²) in [6.07, 6.45) is 1.83. The first-order chi connectivity index (χ1) is 7.86. The first kappa shape index (κ1) is 10.6. The maximum Gasteiger partial charge on any atom is 0.152 e. The zero-order valence-corrected chi connectivity index (χ0v) is 9.13. The van der Waals surface area contributed by atoms with Crippen molar-refractivity contribution in [3.63, 3.8) is 0 Å². The predicted molar refractivity (Wildman–Crippen MR) is 64.9 cm³/mol. The molecule has 1 heterocycles. The lowest BCUT2D eigenvalue weighted by molar-refractivity contribution is 0.208. The molecule has 0 unspecified atom stereocenters. The summed E-state index contributed by atoms with van der Waals surface area (Å²) in [5.74, 6) is 6.06. The molecular formula is C11H14N4O. The van der Waals surface area contributed by atoms with Gasteiger partial charge in [0.15, 0.2) is 5.84 Å². The molecule has 1 aromatic carbocycles. The number of benzene rings is 1. The molecule has 5 heteroatoms. The molecule has 16 heavy (non-hydrogen) atoms.